The van der Waals surface area contributed by atoms with E-state index in [-0.39, 0.29) is 17.8 Å². The smallest absolute Gasteiger partial charge is 0.410 e. The fourth-order valence-electron chi connectivity index (χ4n) is 4.91. The highest BCUT2D eigenvalue weighted by Gasteiger charge is 2.47. The molecule has 2 N–H and O–H groups in total. The number of hydrogen-bond acceptors (Lipinski definition) is 6. The van der Waals surface area contributed by atoms with E-state index in [2.05, 4.69) is 28.7 Å². The van der Waals surface area contributed by atoms with E-state index in [4.69, 9.17) is 4.74 Å². The van der Waals surface area contributed by atoms with Crippen molar-refractivity contribution in [3.63, 3.8) is 0 Å². The van der Waals surface area contributed by atoms with Crippen LogP contribution in [0.4, 0.5) is 24.0 Å². The highest BCUT2D eigenvalue weighted by atomic mass is 32.1. The highest BCUT2D eigenvalue weighted by molar-refractivity contribution is 7.16. The van der Waals surface area contributed by atoms with Gasteiger partial charge in [-0.3, -0.25) is 4.79 Å². The number of anilines is 2. The fraction of sp³-hybridized carbons (Fsp3) is 0.400. The Hall–Kier alpha value is -3.52. The number of hydrogen-bond donors (Lipinski definition) is 2. The third kappa shape index (κ3) is 4.30. The van der Waals surface area contributed by atoms with Crippen LogP contribution in [0.3, 0.4) is 0 Å². The lowest BCUT2D eigenvalue weighted by Crippen LogP contribution is -2.36. The second-order valence-corrected chi connectivity index (χ2v) is 10.3. The maximum atomic E-state index is 14.0. The number of alkyl halides is 3. The van der Waals surface area contributed by atoms with Crippen molar-refractivity contribution in [2.24, 2.45) is 5.92 Å². The summed E-state index contributed by atoms with van der Waals surface area (Å²) in [4.78, 5) is 14.3. The lowest BCUT2D eigenvalue weighted by atomic mass is 9.88. The number of fused-ring (bicyclic) bond motifs is 2. The predicted octanol–water partition coefficient (Wildman–Crippen LogP) is 5.86. The van der Waals surface area contributed by atoms with Gasteiger partial charge in [-0.2, -0.15) is 23.5 Å². The SMILES string of the molecule is COc1ccc([C@H]2C[C@H](C(F)(F)F)n3ncc(C(=O)Nc4sc5c(c4C#N)CC[C@@H](C)C5)c3N2)cc1. The molecule has 0 saturated carbocycles. The number of carbonyl (C=O) groups is 1. The Morgan fingerprint density at radius 3 is 2.75 bits per heavy atom. The van der Waals surface area contributed by atoms with Crippen molar-refractivity contribution in [2.75, 3.05) is 17.7 Å². The molecule has 7 nitrogen and oxygen atoms in total. The average Bonchev–Trinajstić information content (AvgIpc) is 3.43. The van der Waals surface area contributed by atoms with Gasteiger partial charge >= 0.3 is 6.18 Å². The number of methoxy groups -OCH3 is 1. The van der Waals surface area contributed by atoms with Gasteiger partial charge in [0.05, 0.1) is 24.9 Å². The van der Waals surface area contributed by atoms with Crippen LogP contribution in [-0.2, 0) is 12.8 Å². The molecule has 1 aromatic carbocycles. The fourth-order valence-corrected chi connectivity index (χ4v) is 6.27. The number of nitrogens with zero attached hydrogens (tertiary/aromatic N) is 3. The van der Waals surface area contributed by atoms with Gasteiger partial charge in [0.2, 0.25) is 0 Å². The van der Waals surface area contributed by atoms with Gasteiger partial charge in [0.15, 0.2) is 6.04 Å². The molecule has 2 aromatic heterocycles. The van der Waals surface area contributed by atoms with E-state index < -0.39 is 24.2 Å². The van der Waals surface area contributed by atoms with Crippen LogP contribution in [0.15, 0.2) is 30.5 Å². The largest absolute Gasteiger partial charge is 0.497 e. The number of benzene rings is 1. The topological polar surface area (TPSA) is 92.0 Å². The van der Waals surface area contributed by atoms with Crippen LogP contribution in [0.1, 0.15) is 63.8 Å². The average molecular weight is 516 g/mol. The van der Waals surface area contributed by atoms with Crippen LogP contribution in [0.25, 0.3) is 0 Å². The van der Waals surface area contributed by atoms with Crippen molar-refractivity contribution in [2.45, 2.75) is 50.9 Å². The molecule has 0 unspecified atom stereocenters. The summed E-state index contributed by atoms with van der Waals surface area (Å²) in [7, 11) is 1.51. The van der Waals surface area contributed by atoms with Gasteiger partial charge in [-0.25, -0.2) is 4.68 Å². The van der Waals surface area contributed by atoms with E-state index in [1.165, 1.54) is 18.4 Å². The number of ether oxygens (including phenoxy) is 1. The van der Waals surface area contributed by atoms with Crippen molar-refractivity contribution >= 4 is 28.1 Å². The van der Waals surface area contributed by atoms with E-state index in [1.54, 1.807) is 24.3 Å². The summed E-state index contributed by atoms with van der Waals surface area (Å²) < 4.78 is 48.0. The molecule has 3 heterocycles. The maximum absolute atomic E-state index is 14.0. The molecule has 1 aliphatic carbocycles. The molecule has 0 bridgehead atoms. The summed E-state index contributed by atoms with van der Waals surface area (Å²) in [6.07, 6.45) is -1.11. The Kier molecular flexibility index (Phi) is 6.16. The molecule has 5 rings (SSSR count). The molecule has 0 spiro atoms. The second-order valence-electron chi connectivity index (χ2n) is 9.24. The number of rotatable bonds is 4. The van der Waals surface area contributed by atoms with Crippen LogP contribution in [0, 0.1) is 17.2 Å². The summed E-state index contributed by atoms with van der Waals surface area (Å²) >= 11 is 1.37. The quantitative estimate of drug-likeness (QED) is 0.454. The number of amides is 1. The highest BCUT2D eigenvalue weighted by Crippen LogP contribution is 2.45. The Bertz CT molecular complexity index is 1340. The minimum absolute atomic E-state index is 0.00431. The summed E-state index contributed by atoms with van der Waals surface area (Å²) in [6, 6.07) is 6.38. The molecule has 36 heavy (non-hydrogen) atoms. The summed E-state index contributed by atoms with van der Waals surface area (Å²) in [5.74, 6) is 0.472. The minimum atomic E-state index is -4.56. The number of aromatic nitrogens is 2. The first kappa shape index (κ1) is 24.2. The van der Waals surface area contributed by atoms with Gasteiger partial charge in [0, 0.05) is 11.3 Å². The third-order valence-electron chi connectivity index (χ3n) is 6.85. The van der Waals surface area contributed by atoms with E-state index in [0.717, 1.165) is 40.6 Å². The molecule has 1 aliphatic heterocycles. The van der Waals surface area contributed by atoms with E-state index in [1.807, 2.05) is 0 Å². The van der Waals surface area contributed by atoms with Crippen LogP contribution >= 0.6 is 11.3 Å². The summed E-state index contributed by atoms with van der Waals surface area (Å²) in [6.45, 7) is 2.15. The van der Waals surface area contributed by atoms with E-state index >= 15 is 0 Å². The molecule has 0 saturated heterocycles. The lowest BCUT2D eigenvalue weighted by molar-refractivity contribution is -0.173. The van der Waals surface area contributed by atoms with Crippen molar-refractivity contribution in [1.82, 2.24) is 9.78 Å². The molecular weight excluding hydrogens is 491 g/mol. The Balaban J connectivity index is 1.47. The van der Waals surface area contributed by atoms with Gasteiger partial charge in [-0.15, -0.1) is 11.3 Å². The van der Waals surface area contributed by atoms with Gasteiger partial charge in [0.25, 0.3) is 5.91 Å². The predicted molar refractivity (Wildman–Crippen MR) is 129 cm³/mol. The summed E-state index contributed by atoms with van der Waals surface area (Å²) in [5, 5.41) is 20.0. The Morgan fingerprint density at radius 2 is 2.08 bits per heavy atom. The monoisotopic (exact) mass is 515 g/mol. The molecule has 188 valence electrons. The van der Waals surface area contributed by atoms with Crippen molar-refractivity contribution in [3.8, 4) is 11.8 Å². The van der Waals surface area contributed by atoms with E-state index in [0.29, 0.717) is 27.8 Å². The van der Waals surface area contributed by atoms with Gasteiger partial charge in [0.1, 0.15) is 28.2 Å². The molecule has 11 heteroatoms. The lowest BCUT2D eigenvalue weighted by Gasteiger charge is -2.34. The number of thiophene rings is 1. The minimum Gasteiger partial charge on any atom is -0.497 e. The van der Waals surface area contributed by atoms with Crippen molar-refractivity contribution in [3.05, 3.63) is 57.6 Å². The Morgan fingerprint density at radius 1 is 1.33 bits per heavy atom. The standard InChI is InChI=1S/C25H24F3N5O2S/c1-13-3-8-16-17(11-29)24(36-20(16)9-13)32-23(34)18-12-30-33-21(25(26,27)28)10-19(31-22(18)33)14-4-6-15(35-2)7-5-14/h4-7,12-13,19,21,31H,3,8-10H2,1-2H3,(H,32,34)/t13-,19-,21-/m1/s1. The van der Waals surface area contributed by atoms with Gasteiger partial charge in [-0.1, -0.05) is 19.1 Å². The van der Waals surface area contributed by atoms with Gasteiger partial charge < -0.3 is 15.4 Å². The van der Waals surface area contributed by atoms with Gasteiger partial charge in [-0.05, 0) is 48.4 Å². The molecule has 1 amide bonds. The number of nitriles is 1. The zero-order chi connectivity index (χ0) is 25.6. The molecule has 0 fully saturated rings. The Labute approximate surface area is 209 Å². The molecule has 2 aliphatic rings. The summed E-state index contributed by atoms with van der Waals surface area (Å²) in [5.41, 5.74) is 2.03. The first-order valence-electron chi connectivity index (χ1n) is 11.6. The molecule has 3 aromatic rings. The first-order valence-corrected chi connectivity index (χ1v) is 12.4. The van der Waals surface area contributed by atoms with Crippen LogP contribution in [0.5, 0.6) is 5.75 Å². The van der Waals surface area contributed by atoms with Crippen molar-refractivity contribution in [1.29, 1.82) is 5.26 Å². The zero-order valence-corrected chi connectivity index (χ0v) is 20.5. The number of nitrogens with one attached hydrogen (secondary N) is 2. The molecular formula is C25H24F3N5O2S. The van der Waals surface area contributed by atoms with Crippen molar-refractivity contribution < 1.29 is 22.7 Å². The van der Waals surface area contributed by atoms with E-state index in [9.17, 15) is 23.2 Å². The van der Waals surface area contributed by atoms with Crippen LogP contribution < -0.4 is 15.4 Å². The van der Waals surface area contributed by atoms with Crippen LogP contribution in [-0.4, -0.2) is 29.0 Å². The number of halogens is 3. The van der Waals surface area contributed by atoms with Crippen LogP contribution in [0.2, 0.25) is 0 Å². The normalized spacial score (nSPS) is 21.1. The molecule has 0 radical (unpaired) electrons. The third-order valence-corrected chi connectivity index (χ3v) is 8.02. The molecule has 3 atom stereocenters. The second kappa shape index (κ2) is 9.17. The number of carbonyl (C=O) groups excluding carboxylic acids is 1. The first-order chi connectivity index (χ1) is 17.2. The maximum Gasteiger partial charge on any atom is 0.410 e. The zero-order valence-electron chi connectivity index (χ0n) is 19.6.